The van der Waals surface area contributed by atoms with Crippen molar-refractivity contribution in [3.63, 3.8) is 0 Å². The molecule has 94 valence electrons. The summed E-state index contributed by atoms with van der Waals surface area (Å²) in [5.41, 5.74) is 0.192. The highest BCUT2D eigenvalue weighted by atomic mass is 16.3. The fourth-order valence-electron chi connectivity index (χ4n) is 1.98. The number of hydrogen-bond acceptors (Lipinski definition) is 3. The average molecular weight is 244 g/mol. The van der Waals surface area contributed by atoms with Gasteiger partial charge in [-0.05, 0) is 18.4 Å². The number of hydrogen-bond donors (Lipinski definition) is 1. The van der Waals surface area contributed by atoms with E-state index < -0.39 is 5.41 Å². The maximum Gasteiger partial charge on any atom is 0.243 e. The number of nitrogens with zero attached hydrogens (tertiary/aromatic N) is 2. The van der Waals surface area contributed by atoms with Crippen LogP contribution in [-0.4, -0.2) is 29.1 Å². The highest BCUT2D eigenvalue weighted by molar-refractivity contribution is 5.88. The number of amides is 1. The lowest BCUT2D eigenvalue weighted by molar-refractivity contribution is -0.136. The molecular weight excluding hydrogens is 228 g/mol. The van der Waals surface area contributed by atoms with Gasteiger partial charge in [0, 0.05) is 13.1 Å². The second-order valence-electron chi connectivity index (χ2n) is 4.63. The zero-order chi connectivity index (χ0) is 13.0. The number of carbonyl (C=O) groups is 1. The van der Waals surface area contributed by atoms with Gasteiger partial charge in [0.05, 0.1) is 12.7 Å². The molecule has 2 rings (SSSR count). The van der Waals surface area contributed by atoms with Crippen LogP contribution in [0, 0.1) is 16.7 Å². The summed E-state index contributed by atoms with van der Waals surface area (Å²) in [6, 6.07) is 11.7. The van der Waals surface area contributed by atoms with Gasteiger partial charge in [0.2, 0.25) is 5.91 Å². The van der Waals surface area contributed by atoms with Gasteiger partial charge in [0.25, 0.3) is 0 Å². The van der Waals surface area contributed by atoms with Crippen LogP contribution in [0.1, 0.15) is 18.4 Å². The summed E-state index contributed by atoms with van der Waals surface area (Å²) in [4.78, 5) is 13.8. The fourth-order valence-corrected chi connectivity index (χ4v) is 1.98. The van der Waals surface area contributed by atoms with E-state index in [1.165, 1.54) is 0 Å². The van der Waals surface area contributed by atoms with Crippen molar-refractivity contribution >= 4 is 5.91 Å². The van der Waals surface area contributed by atoms with Crippen LogP contribution < -0.4 is 0 Å². The first-order valence-corrected chi connectivity index (χ1v) is 6.07. The average Bonchev–Trinajstić information content (AvgIpc) is 3.20. The molecule has 0 atom stereocenters. The van der Waals surface area contributed by atoms with Crippen molar-refractivity contribution in [1.82, 2.24) is 4.90 Å². The topological polar surface area (TPSA) is 64.3 Å². The van der Waals surface area contributed by atoms with Crippen LogP contribution in [-0.2, 0) is 11.3 Å². The Labute approximate surface area is 106 Å². The van der Waals surface area contributed by atoms with Crippen molar-refractivity contribution in [2.45, 2.75) is 19.4 Å². The monoisotopic (exact) mass is 244 g/mol. The Morgan fingerprint density at radius 1 is 1.39 bits per heavy atom. The molecule has 1 aliphatic rings. The first kappa shape index (κ1) is 12.6. The minimum absolute atomic E-state index is 0.0833. The quantitative estimate of drug-likeness (QED) is 0.849. The third kappa shape index (κ3) is 2.52. The van der Waals surface area contributed by atoms with Crippen LogP contribution in [0.5, 0.6) is 0 Å². The number of benzene rings is 1. The van der Waals surface area contributed by atoms with Gasteiger partial charge in [-0.25, -0.2) is 0 Å². The molecule has 0 spiro atoms. The highest BCUT2D eigenvalue weighted by Crippen LogP contribution is 2.46. The zero-order valence-corrected chi connectivity index (χ0v) is 10.2. The fraction of sp³-hybridized carbons (Fsp3) is 0.429. The number of aliphatic hydroxyl groups excluding tert-OH is 1. The molecule has 1 amide bonds. The highest BCUT2D eigenvalue weighted by Gasteiger charge is 2.52. The Hall–Kier alpha value is -1.86. The Balaban J connectivity index is 2.09. The van der Waals surface area contributed by atoms with Crippen molar-refractivity contribution in [3.8, 4) is 6.07 Å². The molecule has 0 heterocycles. The second-order valence-corrected chi connectivity index (χ2v) is 4.63. The first-order chi connectivity index (χ1) is 8.72. The van der Waals surface area contributed by atoms with Crippen LogP contribution >= 0.6 is 0 Å². The van der Waals surface area contributed by atoms with E-state index in [2.05, 4.69) is 6.07 Å². The van der Waals surface area contributed by atoms with E-state index in [9.17, 15) is 4.79 Å². The van der Waals surface area contributed by atoms with Gasteiger partial charge in [0.1, 0.15) is 5.41 Å². The van der Waals surface area contributed by atoms with Gasteiger partial charge in [-0.1, -0.05) is 30.3 Å². The SMILES string of the molecule is N#CC1(C(=O)N(CCO)Cc2ccccc2)CC1. The summed E-state index contributed by atoms with van der Waals surface area (Å²) < 4.78 is 0. The van der Waals surface area contributed by atoms with Crippen molar-refractivity contribution in [3.05, 3.63) is 35.9 Å². The third-order valence-electron chi connectivity index (χ3n) is 3.25. The molecule has 4 nitrogen and oxygen atoms in total. The van der Waals surface area contributed by atoms with E-state index in [1.54, 1.807) is 4.90 Å². The Morgan fingerprint density at radius 3 is 2.56 bits per heavy atom. The number of aliphatic hydroxyl groups is 1. The molecular formula is C14H16N2O2. The van der Waals surface area contributed by atoms with E-state index in [-0.39, 0.29) is 19.1 Å². The summed E-state index contributed by atoms with van der Waals surface area (Å²) in [5, 5.41) is 18.1. The zero-order valence-electron chi connectivity index (χ0n) is 10.2. The second kappa shape index (κ2) is 5.19. The van der Waals surface area contributed by atoms with Crippen molar-refractivity contribution in [2.75, 3.05) is 13.2 Å². The molecule has 1 N–H and O–H groups in total. The Morgan fingerprint density at radius 2 is 2.06 bits per heavy atom. The molecule has 1 saturated carbocycles. The summed E-state index contributed by atoms with van der Waals surface area (Å²) in [5.74, 6) is -0.150. The van der Waals surface area contributed by atoms with E-state index in [4.69, 9.17) is 10.4 Å². The van der Waals surface area contributed by atoms with Crippen LogP contribution in [0.3, 0.4) is 0 Å². The first-order valence-electron chi connectivity index (χ1n) is 6.07. The maximum absolute atomic E-state index is 12.2. The lowest BCUT2D eigenvalue weighted by Gasteiger charge is -2.24. The van der Waals surface area contributed by atoms with Crippen molar-refractivity contribution in [2.24, 2.45) is 5.41 Å². The van der Waals surface area contributed by atoms with Crippen molar-refractivity contribution in [1.29, 1.82) is 5.26 Å². The molecule has 0 aromatic heterocycles. The molecule has 0 radical (unpaired) electrons. The van der Waals surface area contributed by atoms with Gasteiger partial charge >= 0.3 is 0 Å². The standard InChI is InChI=1S/C14H16N2O2/c15-11-14(6-7-14)13(18)16(8-9-17)10-12-4-2-1-3-5-12/h1-5,17H,6-10H2. The van der Waals surface area contributed by atoms with Crippen LogP contribution in [0.2, 0.25) is 0 Å². The largest absolute Gasteiger partial charge is 0.395 e. The Bertz CT molecular complexity index is 460. The van der Waals surface area contributed by atoms with Crippen LogP contribution in [0.4, 0.5) is 0 Å². The number of nitriles is 1. The maximum atomic E-state index is 12.2. The van der Waals surface area contributed by atoms with Crippen LogP contribution in [0.25, 0.3) is 0 Å². The molecule has 1 aromatic carbocycles. The van der Waals surface area contributed by atoms with Gasteiger partial charge in [0.15, 0.2) is 0 Å². The third-order valence-corrected chi connectivity index (χ3v) is 3.25. The summed E-state index contributed by atoms with van der Waals surface area (Å²) in [6.45, 7) is 0.640. The van der Waals surface area contributed by atoms with Gasteiger partial charge in [-0.3, -0.25) is 4.79 Å². The predicted molar refractivity (Wildman–Crippen MR) is 66.2 cm³/mol. The van der Waals surface area contributed by atoms with E-state index in [0.29, 0.717) is 19.4 Å². The summed E-state index contributed by atoms with van der Waals surface area (Å²) in [6.07, 6.45) is 1.28. The normalized spacial score (nSPS) is 15.8. The van der Waals surface area contributed by atoms with Gasteiger partial charge in [-0.15, -0.1) is 0 Å². The molecule has 0 saturated heterocycles. The molecule has 1 fully saturated rings. The lowest BCUT2D eigenvalue weighted by atomic mass is 10.1. The predicted octanol–water partition coefficient (Wildman–Crippen LogP) is 1.31. The van der Waals surface area contributed by atoms with E-state index in [0.717, 1.165) is 5.56 Å². The van der Waals surface area contributed by atoms with Crippen LogP contribution in [0.15, 0.2) is 30.3 Å². The Kier molecular flexibility index (Phi) is 3.63. The molecule has 18 heavy (non-hydrogen) atoms. The van der Waals surface area contributed by atoms with E-state index in [1.807, 2.05) is 30.3 Å². The smallest absolute Gasteiger partial charge is 0.243 e. The molecule has 4 heteroatoms. The van der Waals surface area contributed by atoms with Gasteiger partial charge < -0.3 is 10.0 Å². The van der Waals surface area contributed by atoms with E-state index >= 15 is 0 Å². The minimum atomic E-state index is -0.816. The number of carbonyl (C=O) groups excluding carboxylic acids is 1. The minimum Gasteiger partial charge on any atom is -0.395 e. The molecule has 1 aliphatic carbocycles. The molecule has 0 aliphatic heterocycles. The molecule has 0 bridgehead atoms. The van der Waals surface area contributed by atoms with Crippen molar-refractivity contribution < 1.29 is 9.90 Å². The summed E-state index contributed by atoms with van der Waals surface area (Å²) >= 11 is 0. The molecule has 0 unspecified atom stereocenters. The lowest BCUT2D eigenvalue weighted by Crippen LogP contribution is -2.38. The summed E-state index contributed by atoms with van der Waals surface area (Å²) in [7, 11) is 0. The number of rotatable bonds is 5. The molecule has 1 aromatic rings. The van der Waals surface area contributed by atoms with Gasteiger partial charge in [-0.2, -0.15) is 5.26 Å².